The molecule has 1 aromatic rings. The molecule has 21 heavy (non-hydrogen) atoms. The molecular weight excluding hydrogens is 258 g/mol. The van der Waals surface area contributed by atoms with E-state index in [2.05, 4.69) is 13.8 Å². The quantitative estimate of drug-likeness (QED) is 0.862. The smallest absolute Gasteiger partial charge is 0.122 e. The summed E-state index contributed by atoms with van der Waals surface area (Å²) < 4.78 is 0. The van der Waals surface area contributed by atoms with Crippen LogP contribution in [0.3, 0.4) is 0 Å². The molecule has 116 valence electrons. The van der Waals surface area contributed by atoms with Gasteiger partial charge in [-0.1, -0.05) is 19.3 Å². The Bertz CT molecular complexity index is 541. The number of phenolic OH excluding ortho intramolecular Hbond substituents is 1. The van der Waals surface area contributed by atoms with Crippen LogP contribution in [0.25, 0.3) is 0 Å². The Morgan fingerprint density at radius 1 is 0.905 bits per heavy atom. The first-order valence-electron chi connectivity index (χ1n) is 8.65. The molecule has 2 aliphatic carbocycles. The van der Waals surface area contributed by atoms with Crippen LogP contribution in [0.5, 0.6) is 5.75 Å². The van der Waals surface area contributed by atoms with E-state index in [0.29, 0.717) is 12.3 Å². The van der Waals surface area contributed by atoms with Gasteiger partial charge < -0.3 is 10.8 Å². The molecule has 3 rings (SSSR count). The van der Waals surface area contributed by atoms with Crippen LogP contribution < -0.4 is 5.73 Å². The van der Waals surface area contributed by atoms with Gasteiger partial charge in [0.2, 0.25) is 0 Å². The summed E-state index contributed by atoms with van der Waals surface area (Å²) in [6.07, 6.45) is 10.9. The molecule has 3 N–H and O–H groups in total. The minimum absolute atomic E-state index is 0.0175. The average Bonchev–Trinajstić information content (AvgIpc) is 2.54. The number of benzene rings is 1. The lowest BCUT2D eigenvalue weighted by Crippen LogP contribution is -2.38. The van der Waals surface area contributed by atoms with Crippen molar-refractivity contribution in [3.8, 4) is 5.75 Å². The van der Waals surface area contributed by atoms with E-state index >= 15 is 0 Å². The molecule has 0 heterocycles. The fourth-order valence-corrected chi connectivity index (χ4v) is 4.83. The highest BCUT2D eigenvalue weighted by atomic mass is 16.3. The second-order valence-electron chi connectivity index (χ2n) is 7.18. The highest BCUT2D eigenvalue weighted by Gasteiger charge is 2.38. The van der Waals surface area contributed by atoms with Crippen LogP contribution in [-0.2, 0) is 18.3 Å². The molecule has 0 aromatic heterocycles. The summed E-state index contributed by atoms with van der Waals surface area (Å²) in [6.45, 7) is 5.00. The highest BCUT2D eigenvalue weighted by Crippen LogP contribution is 2.47. The zero-order chi connectivity index (χ0) is 15.0. The number of hydrogen-bond donors (Lipinski definition) is 2. The maximum absolute atomic E-state index is 10.9. The lowest BCUT2D eigenvalue weighted by Gasteiger charge is -2.40. The van der Waals surface area contributed by atoms with E-state index in [4.69, 9.17) is 5.73 Å². The SMILES string of the molecule is Cc1c(O)c(C2(CN)CCCCC2)c(C)c2c1CCCC2. The summed E-state index contributed by atoms with van der Waals surface area (Å²) in [4.78, 5) is 0. The van der Waals surface area contributed by atoms with Gasteiger partial charge in [-0.2, -0.15) is 0 Å². The third-order valence-electron chi connectivity index (χ3n) is 6.07. The molecule has 2 nitrogen and oxygen atoms in total. The molecule has 0 radical (unpaired) electrons. The first-order chi connectivity index (χ1) is 10.1. The van der Waals surface area contributed by atoms with Gasteiger partial charge in [0.1, 0.15) is 5.75 Å². The number of fused-ring (bicyclic) bond motifs is 1. The highest BCUT2D eigenvalue weighted by molar-refractivity contribution is 5.58. The van der Waals surface area contributed by atoms with Crippen LogP contribution >= 0.6 is 0 Å². The zero-order valence-electron chi connectivity index (χ0n) is 13.6. The number of hydrogen-bond acceptors (Lipinski definition) is 2. The van der Waals surface area contributed by atoms with Gasteiger partial charge in [-0.25, -0.2) is 0 Å². The molecule has 0 unspecified atom stereocenters. The topological polar surface area (TPSA) is 46.2 Å². The average molecular weight is 287 g/mol. The molecule has 0 atom stereocenters. The fourth-order valence-electron chi connectivity index (χ4n) is 4.83. The zero-order valence-corrected chi connectivity index (χ0v) is 13.6. The van der Waals surface area contributed by atoms with Crippen LogP contribution in [0.1, 0.15) is 72.8 Å². The van der Waals surface area contributed by atoms with Crippen molar-refractivity contribution in [2.45, 2.75) is 77.0 Å². The normalized spacial score (nSPS) is 21.1. The van der Waals surface area contributed by atoms with Crippen molar-refractivity contribution in [3.05, 3.63) is 27.8 Å². The largest absolute Gasteiger partial charge is 0.507 e. The van der Waals surface area contributed by atoms with Crippen molar-refractivity contribution in [3.63, 3.8) is 0 Å². The van der Waals surface area contributed by atoms with E-state index in [0.717, 1.165) is 24.8 Å². The third-order valence-corrected chi connectivity index (χ3v) is 6.07. The second kappa shape index (κ2) is 5.64. The van der Waals surface area contributed by atoms with Gasteiger partial charge in [-0.3, -0.25) is 0 Å². The molecule has 1 fully saturated rings. The maximum atomic E-state index is 10.9. The van der Waals surface area contributed by atoms with E-state index in [1.807, 2.05) is 0 Å². The van der Waals surface area contributed by atoms with Crippen LogP contribution in [-0.4, -0.2) is 11.7 Å². The van der Waals surface area contributed by atoms with Gasteiger partial charge in [0.15, 0.2) is 0 Å². The van der Waals surface area contributed by atoms with Crippen LogP contribution in [0, 0.1) is 13.8 Å². The minimum Gasteiger partial charge on any atom is -0.507 e. The van der Waals surface area contributed by atoms with Crippen LogP contribution in [0.4, 0.5) is 0 Å². The fraction of sp³-hybridized carbons (Fsp3) is 0.684. The van der Waals surface area contributed by atoms with Gasteiger partial charge in [-0.05, 0) is 74.6 Å². The first kappa shape index (κ1) is 14.9. The standard InChI is InChI=1S/C19H29NO/c1-13-15-8-4-5-9-16(15)14(2)18(21)17(13)19(12-20)10-6-3-7-11-19/h21H,3-12,20H2,1-2H3. The third kappa shape index (κ3) is 2.28. The maximum Gasteiger partial charge on any atom is 0.122 e. The van der Waals surface area contributed by atoms with Crippen molar-refractivity contribution in [2.24, 2.45) is 5.73 Å². The number of nitrogens with two attached hydrogens (primary N) is 1. The summed E-state index contributed by atoms with van der Waals surface area (Å²) in [7, 11) is 0. The molecule has 0 spiro atoms. The van der Waals surface area contributed by atoms with Gasteiger partial charge in [-0.15, -0.1) is 0 Å². The van der Waals surface area contributed by atoms with Crippen molar-refractivity contribution in [1.29, 1.82) is 0 Å². The van der Waals surface area contributed by atoms with Crippen molar-refractivity contribution < 1.29 is 5.11 Å². The summed E-state index contributed by atoms with van der Waals surface area (Å²) in [5, 5.41) is 10.9. The second-order valence-corrected chi connectivity index (χ2v) is 7.18. The van der Waals surface area contributed by atoms with E-state index < -0.39 is 0 Å². The monoisotopic (exact) mass is 287 g/mol. The Morgan fingerprint density at radius 3 is 2.05 bits per heavy atom. The van der Waals surface area contributed by atoms with Crippen LogP contribution in [0.2, 0.25) is 0 Å². The summed E-state index contributed by atoms with van der Waals surface area (Å²) in [6, 6.07) is 0. The van der Waals surface area contributed by atoms with Gasteiger partial charge in [0, 0.05) is 17.5 Å². The van der Waals surface area contributed by atoms with E-state index in [-0.39, 0.29) is 5.41 Å². The Labute approximate surface area is 128 Å². The number of aromatic hydroxyl groups is 1. The van der Waals surface area contributed by atoms with Crippen LogP contribution in [0.15, 0.2) is 0 Å². The predicted molar refractivity (Wildman–Crippen MR) is 88.0 cm³/mol. The minimum atomic E-state index is 0.0175. The number of rotatable bonds is 2. The van der Waals surface area contributed by atoms with Crippen molar-refractivity contribution >= 4 is 0 Å². The molecule has 0 amide bonds. The summed E-state index contributed by atoms with van der Waals surface area (Å²) in [5.74, 6) is 0.556. The molecule has 1 saturated carbocycles. The van der Waals surface area contributed by atoms with Crippen molar-refractivity contribution in [1.82, 2.24) is 0 Å². The van der Waals surface area contributed by atoms with Gasteiger partial charge in [0.05, 0.1) is 0 Å². The summed E-state index contributed by atoms with van der Waals surface area (Å²) in [5.41, 5.74) is 12.9. The Morgan fingerprint density at radius 2 is 1.48 bits per heavy atom. The van der Waals surface area contributed by atoms with E-state index in [1.54, 1.807) is 0 Å². The Balaban J connectivity index is 2.20. The lowest BCUT2D eigenvalue weighted by atomic mass is 9.66. The molecule has 0 bridgehead atoms. The first-order valence-corrected chi connectivity index (χ1v) is 8.65. The Hall–Kier alpha value is -1.02. The predicted octanol–water partition coefficient (Wildman–Crippen LogP) is 4.05. The molecule has 1 aromatic carbocycles. The Kier molecular flexibility index (Phi) is 4.00. The lowest BCUT2D eigenvalue weighted by molar-refractivity contribution is 0.288. The molecule has 0 saturated heterocycles. The van der Waals surface area contributed by atoms with Gasteiger partial charge >= 0.3 is 0 Å². The molecule has 2 aliphatic rings. The van der Waals surface area contributed by atoms with E-state index in [9.17, 15) is 5.11 Å². The van der Waals surface area contributed by atoms with E-state index in [1.165, 1.54) is 60.8 Å². The molecule has 0 aliphatic heterocycles. The molecular formula is C19H29NO. The van der Waals surface area contributed by atoms with Gasteiger partial charge in [0.25, 0.3) is 0 Å². The number of phenols is 1. The van der Waals surface area contributed by atoms with Crippen molar-refractivity contribution in [2.75, 3.05) is 6.54 Å². The molecule has 2 heteroatoms. The summed E-state index contributed by atoms with van der Waals surface area (Å²) >= 11 is 0.